The van der Waals surface area contributed by atoms with Crippen molar-refractivity contribution in [2.24, 2.45) is 0 Å². The van der Waals surface area contributed by atoms with Gasteiger partial charge in [-0.25, -0.2) is 4.79 Å². The molecule has 1 aliphatic heterocycles. The average molecular weight is 262 g/mol. The fourth-order valence-corrected chi connectivity index (χ4v) is 1.95. The van der Waals surface area contributed by atoms with Crippen LogP contribution in [-0.4, -0.2) is 28.9 Å². The molecule has 0 saturated heterocycles. The Bertz CT molecular complexity index is 554. The SMILES string of the molecule is CCC(NC(=O)c1ccc2c(c1)CC(=O)N2)C(=O)O. The lowest BCUT2D eigenvalue weighted by Crippen LogP contribution is -2.40. The van der Waals surface area contributed by atoms with Crippen LogP contribution in [0.4, 0.5) is 5.69 Å². The molecule has 1 unspecified atom stereocenters. The molecule has 6 nitrogen and oxygen atoms in total. The Kier molecular flexibility index (Phi) is 3.50. The molecule has 19 heavy (non-hydrogen) atoms. The summed E-state index contributed by atoms with van der Waals surface area (Å²) >= 11 is 0. The molecule has 100 valence electrons. The number of rotatable bonds is 4. The highest BCUT2D eigenvalue weighted by Gasteiger charge is 2.21. The van der Waals surface area contributed by atoms with Crippen LogP contribution in [0, 0.1) is 0 Å². The first-order valence-corrected chi connectivity index (χ1v) is 5.97. The third-order valence-corrected chi connectivity index (χ3v) is 3.00. The van der Waals surface area contributed by atoms with Gasteiger partial charge < -0.3 is 15.7 Å². The van der Waals surface area contributed by atoms with Crippen LogP contribution in [0.25, 0.3) is 0 Å². The van der Waals surface area contributed by atoms with Gasteiger partial charge in [0.1, 0.15) is 6.04 Å². The molecule has 0 radical (unpaired) electrons. The minimum Gasteiger partial charge on any atom is -0.480 e. The van der Waals surface area contributed by atoms with E-state index in [4.69, 9.17) is 5.11 Å². The predicted octanol–water partition coefficient (Wildman–Crippen LogP) is 0.774. The number of carbonyl (C=O) groups is 3. The van der Waals surface area contributed by atoms with Crippen molar-refractivity contribution in [1.29, 1.82) is 0 Å². The molecule has 1 aliphatic rings. The molecule has 1 aromatic carbocycles. The van der Waals surface area contributed by atoms with Crippen LogP contribution in [0.1, 0.15) is 29.3 Å². The number of anilines is 1. The molecule has 1 atom stereocenters. The highest BCUT2D eigenvalue weighted by molar-refractivity contribution is 6.02. The summed E-state index contributed by atoms with van der Waals surface area (Å²) in [6, 6.07) is 3.92. The number of hydrogen-bond acceptors (Lipinski definition) is 3. The van der Waals surface area contributed by atoms with E-state index in [-0.39, 0.29) is 12.3 Å². The quantitative estimate of drug-likeness (QED) is 0.747. The first kappa shape index (κ1) is 13.1. The van der Waals surface area contributed by atoms with Crippen LogP contribution < -0.4 is 10.6 Å². The van der Waals surface area contributed by atoms with Crippen molar-refractivity contribution < 1.29 is 19.5 Å². The topological polar surface area (TPSA) is 95.5 Å². The second-order valence-electron chi connectivity index (χ2n) is 4.37. The molecule has 0 saturated carbocycles. The van der Waals surface area contributed by atoms with E-state index in [2.05, 4.69) is 10.6 Å². The number of nitrogens with one attached hydrogen (secondary N) is 2. The van der Waals surface area contributed by atoms with Gasteiger partial charge in [-0.2, -0.15) is 0 Å². The Balaban J connectivity index is 2.15. The largest absolute Gasteiger partial charge is 0.480 e. The van der Waals surface area contributed by atoms with Crippen LogP contribution in [0.15, 0.2) is 18.2 Å². The zero-order chi connectivity index (χ0) is 14.0. The first-order valence-electron chi connectivity index (χ1n) is 5.97. The Morgan fingerprint density at radius 1 is 1.47 bits per heavy atom. The number of hydrogen-bond donors (Lipinski definition) is 3. The van der Waals surface area contributed by atoms with Crippen molar-refractivity contribution in [3.63, 3.8) is 0 Å². The van der Waals surface area contributed by atoms with E-state index in [1.165, 1.54) is 0 Å². The Hall–Kier alpha value is -2.37. The highest BCUT2D eigenvalue weighted by atomic mass is 16.4. The highest BCUT2D eigenvalue weighted by Crippen LogP contribution is 2.23. The van der Waals surface area contributed by atoms with Crippen molar-refractivity contribution in [2.45, 2.75) is 25.8 Å². The summed E-state index contributed by atoms with van der Waals surface area (Å²) in [5.74, 6) is -1.62. The van der Waals surface area contributed by atoms with E-state index >= 15 is 0 Å². The van der Waals surface area contributed by atoms with Crippen molar-refractivity contribution in [2.75, 3.05) is 5.32 Å². The molecule has 0 spiro atoms. The van der Waals surface area contributed by atoms with Crippen molar-refractivity contribution in [3.05, 3.63) is 29.3 Å². The molecule has 1 aromatic rings. The molecule has 2 rings (SSSR count). The maximum Gasteiger partial charge on any atom is 0.326 e. The molecule has 3 N–H and O–H groups in total. The van der Waals surface area contributed by atoms with E-state index in [1.54, 1.807) is 25.1 Å². The zero-order valence-corrected chi connectivity index (χ0v) is 10.4. The van der Waals surface area contributed by atoms with Crippen LogP contribution >= 0.6 is 0 Å². The van der Waals surface area contributed by atoms with Crippen LogP contribution in [0.5, 0.6) is 0 Å². The van der Waals surface area contributed by atoms with Gasteiger partial charge in [0.2, 0.25) is 5.91 Å². The Morgan fingerprint density at radius 3 is 2.84 bits per heavy atom. The monoisotopic (exact) mass is 262 g/mol. The van der Waals surface area contributed by atoms with Gasteiger partial charge in [-0.3, -0.25) is 9.59 Å². The molecule has 0 bridgehead atoms. The molecule has 0 fully saturated rings. The lowest BCUT2D eigenvalue weighted by Gasteiger charge is -2.12. The number of benzene rings is 1. The standard InChI is InChI=1S/C13H14N2O4/c1-2-9(13(18)19)15-12(17)7-3-4-10-8(5-7)6-11(16)14-10/h3-5,9H,2,6H2,1H3,(H,14,16)(H,15,17)(H,18,19). The van der Waals surface area contributed by atoms with Gasteiger partial charge >= 0.3 is 5.97 Å². The molecule has 0 aliphatic carbocycles. The van der Waals surface area contributed by atoms with Gasteiger partial charge in [0.25, 0.3) is 5.91 Å². The second kappa shape index (κ2) is 5.09. The minimum atomic E-state index is -1.06. The maximum absolute atomic E-state index is 11.9. The van der Waals surface area contributed by atoms with Crippen LogP contribution in [0.2, 0.25) is 0 Å². The normalized spacial score (nSPS) is 14.5. The van der Waals surface area contributed by atoms with Crippen LogP contribution in [-0.2, 0) is 16.0 Å². The third kappa shape index (κ3) is 2.73. The number of carboxylic acid groups (broad SMARTS) is 1. The van der Waals surface area contributed by atoms with Gasteiger partial charge in [0.15, 0.2) is 0 Å². The molecular weight excluding hydrogens is 248 g/mol. The number of fused-ring (bicyclic) bond motifs is 1. The maximum atomic E-state index is 11.9. The third-order valence-electron chi connectivity index (χ3n) is 3.00. The van der Waals surface area contributed by atoms with Gasteiger partial charge in [-0.15, -0.1) is 0 Å². The number of carbonyl (C=O) groups excluding carboxylic acids is 2. The molecule has 1 heterocycles. The smallest absolute Gasteiger partial charge is 0.326 e. The fraction of sp³-hybridized carbons (Fsp3) is 0.308. The number of amides is 2. The average Bonchev–Trinajstić information content (AvgIpc) is 2.74. The Morgan fingerprint density at radius 2 is 2.21 bits per heavy atom. The van der Waals surface area contributed by atoms with Crippen molar-refractivity contribution in [1.82, 2.24) is 5.32 Å². The van der Waals surface area contributed by atoms with Gasteiger partial charge in [-0.1, -0.05) is 6.92 Å². The molecule has 0 aromatic heterocycles. The molecule has 6 heteroatoms. The van der Waals surface area contributed by atoms with E-state index in [9.17, 15) is 14.4 Å². The summed E-state index contributed by atoms with van der Waals surface area (Å²) < 4.78 is 0. The van der Waals surface area contributed by atoms with E-state index in [0.717, 1.165) is 5.56 Å². The van der Waals surface area contributed by atoms with Gasteiger partial charge in [0.05, 0.1) is 6.42 Å². The lowest BCUT2D eigenvalue weighted by molar-refractivity contribution is -0.139. The van der Waals surface area contributed by atoms with Crippen molar-refractivity contribution in [3.8, 4) is 0 Å². The summed E-state index contributed by atoms with van der Waals surface area (Å²) in [7, 11) is 0. The van der Waals surface area contributed by atoms with E-state index in [1.807, 2.05) is 0 Å². The van der Waals surface area contributed by atoms with Gasteiger partial charge in [-0.05, 0) is 30.2 Å². The fourth-order valence-electron chi connectivity index (χ4n) is 1.95. The van der Waals surface area contributed by atoms with Crippen LogP contribution in [0.3, 0.4) is 0 Å². The summed E-state index contributed by atoms with van der Waals surface area (Å²) in [4.78, 5) is 34.0. The summed E-state index contributed by atoms with van der Waals surface area (Å²) in [6.07, 6.45) is 0.554. The first-order chi connectivity index (χ1) is 9.01. The summed E-state index contributed by atoms with van der Waals surface area (Å²) in [5.41, 5.74) is 1.81. The minimum absolute atomic E-state index is 0.107. The van der Waals surface area contributed by atoms with E-state index in [0.29, 0.717) is 17.7 Å². The number of aliphatic carboxylic acids is 1. The summed E-state index contributed by atoms with van der Waals surface area (Å²) in [5, 5.41) is 14.0. The second-order valence-corrected chi connectivity index (χ2v) is 4.37. The molecule has 2 amide bonds. The Labute approximate surface area is 109 Å². The van der Waals surface area contributed by atoms with E-state index < -0.39 is 17.9 Å². The zero-order valence-electron chi connectivity index (χ0n) is 10.4. The summed E-state index contributed by atoms with van der Waals surface area (Å²) in [6.45, 7) is 1.68. The molecular formula is C13H14N2O4. The van der Waals surface area contributed by atoms with Crippen molar-refractivity contribution >= 4 is 23.5 Å². The predicted molar refractivity (Wildman–Crippen MR) is 68.0 cm³/mol. The lowest BCUT2D eigenvalue weighted by atomic mass is 10.1. The van der Waals surface area contributed by atoms with Gasteiger partial charge in [0, 0.05) is 11.3 Å². The number of carboxylic acids is 1.